The monoisotopic (exact) mass is 158 g/mol. The largest absolute Gasteiger partial charge is 0.261 e. The van der Waals surface area contributed by atoms with Crippen molar-refractivity contribution in [3.8, 4) is 0 Å². The quantitative estimate of drug-likeness (QED) is 0.587. The maximum Gasteiger partial charge on any atom is 0.0738 e. The van der Waals surface area contributed by atoms with E-state index in [9.17, 15) is 0 Å². The molecule has 0 saturated carbocycles. The van der Waals surface area contributed by atoms with Crippen LogP contribution in [0.5, 0.6) is 0 Å². The third-order valence-electron chi connectivity index (χ3n) is 1.98. The van der Waals surface area contributed by atoms with Crippen molar-refractivity contribution in [2.45, 2.75) is 13.8 Å². The molecule has 0 aliphatic heterocycles. The van der Waals surface area contributed by atoms with Crippen molar-refractivity contribution in [1.82, 2.24) is 9.97 Å². The average molecular weight is 158 g/mol. The number of fused-ring (bicyclic) bond motifs is 1. The first-order valence-electron chi connectivity index (χ1n) is 3.95. The Morgan fingerprint density at radius 1 is 1.17 bits per heavy atom. The Morgan fingerprint density at radius 2 is 2.00 bits per heavy atom. The summed E-state index contributed by atoms with van der Waals surface area (Å²) in [4.78, 5) is 8.49. The number of nitrogens with zero attached hydrogens (tertiary/aromatic N) is 2. The molecule has 2 rings (SSSR count). The summed E-state index contributed by atoms with van der Waals surface area (Å²) in [6.45, 7) is 4.05. The molecular formula is C10H10N2. The third kappa shape index (κ3) is 1.05. The molecule has 60 valence electrons. The molecule has 0 saturated heterocycles. The number of hydrogen-bond donors (Lipinski definition) is 0. The fourth-order valence-electron chi connectivity index (χ4n) is 1.28. The molecule has 2 aromatic heterocycles. The Kier molecular flexibility index (Phi) is 1.54. The van der Waals surface area contributed by atoms with Crippen LogP contribution in [0, 0.1) is 13.8 Å². The number of rotatable bonds is 0. The summed E-state index contributed by atoms with van der Waals surface area (Å²) in [6.07, 6.45) is 3.71. The van der Waals surface area contributed by atoms with Gasteiger partial charge in [0, 0.05) is 23.5 Å². The second kappa shape index (κ2) is 2.55. The van der Waals surface area contributed by atoms with E-state index in [-0.39, 0.29) is 0 Å². The molecule has 0 aliphatic carbocycles. The Hall–Kier alpha value is -1.44. The fraction of sp³-hybridized carbons (Fsp3) is 0.200. The summed E-state index contributed by atoms with van der Waals surface area (Å²) >= 11 is 0. The molecule has 2 heterocycles. The predicted octanol–water partition coefficient (Wildman–Crippen LogP) is 2.25. The zero-order valence-corrected chi connectivity index (χ0v) is 7.20. The molecule has 0 amide bonds. The normalized spacial score (nSPS) is 10.5. The lowest BCUT2D eigenvalue weighted by atomic mass is 10.1. The summed E-state index contributed by atoms with van der Waals surface area (Å²) in [5.74, 6) is 0. The minimum Gasteiger partial charge on any atom is -0.261 e. The lowest BCUT2D eigenvalue weighted by molar-refractivity contribution is 1.20. The first-order valence-corrected chi connectivity index (χ1v) is 3.95. The average Bonchev–Trinajstić information content (AvgIpc) is 2.04. The Morgan fingerprint density at radius 3 is 2.83 bits per heavy atom. The van der Waals surface area contributed by atoms with Crippen LogP contribution in [-0.4, -0.2) is 9.97 Å². The lowest BCUT2D eigenvalue weighted by Gasteiger charge is -2.00. The van der Waals surface area contributed by atoms with E-state index in [1.807, 2.05) is 31.5 Å². The summed E-state index contributed by atoms with van der Waals surface area (Å²) < 4.78 is 0. The van der Waals surface area contributed by atoms with Crippen LogP contribution in [0.3, 0.4) is 0 Å². The van der Waals surface area contributed by atoms with Crippen molar-refractivity contribution in [3.05, 3.63) is 35.8 Å². The van der Waals surface area contributed by atoms with Crippen LogP contribution in [0.2, 0.25) is 0 Å². The summed E-state index contributed by atoms with van der Waals surface area (Å²) in [5.41, 5.74) is 3.27. The van der Waals surface area contributed by atoms with Gasteiger partial charge >= 0.3 is 0 Å². The highest BCUT2D eigenvalue weighted by molar-refractivity contribution is 5.80. The molecule has 0 aliphatic rings. The topological polar surface area (TPSA) is 25.8 Å². The van der Waals surface area contributed by atoms with Crippen LogP contribution in [0.4, 0.5) is 0 Å². The first kappa shape index (κ1) is 7.22. The Balaban J connectivity index is 2.86. The van der Waals surface area contributed by atoms with E-state index in [1.165, 1.54) is 5.56 Å². The highest BCUT2D eigenvalue weighted by Crippen LogP contribution is 2.14. The van der Waals surface area contributed by atoms with Crippen molar-refractivity contribution in [2.75, 3.05) is 0 Å². The van der Waals surface area contributed by atoms with Crippen molar-refractivity contribution in [2.24, 2.45) is 0 Å². The SMILES string of the molecule is Cc1cc2nccc(C)c2cn1. The third-order valence-corrected chi connectivity index (χ3v) is 1.98. The van der Waals surface area contributed by atoms with E-state index < -0.39 is 0 Å². The van der Waals surface area contributed by atoms with Gasteiger partial charge in [0.15, 0.2) is 0 Å². The van der Waals surface area contributed by atoms with Crippen molar-refractivity contribution >= 4 is 10.9 Å². The fourth-order valence-corrected chi connectivity index (χ4v) is 1.28. The van der Waals surface area contributed by atoms with Gasteiger partial charge in [0.2, 0.25) is 0 Å². The molecule has 0 spiro atoms. The Bertz CT molecular complexity index is 421. The second-order valence-electron chi connectivity index (χ2n) is 2.97. The summed E-state index contributed by atoms with van der Waals surface area (Å²) in [5, 5.41) is 1.14. The number of hydrogen-bond acceptors (Lipinski definition) is 2. The van der Waals surface area contributed by atoms with E-state index in [1.54, 1.807) is 0 Å². The zero-order valence-electron chi connectivity index (χ0n) is 7.20. The maximum atomic E-state index is 4.26. The van der Waals surface area contributed by atoms with Gasteiger partial charge in [-0.2, -0.15) is 0 Å². The van der Waals surface area contributed by atoms with Gasteiger partial charge in [-0.3, -0.25) is 9.97 Å². The molecule has 0 atom stereocenters. The van der Waals surface area contributed by atoms with Gasteiger partial charge in [0.05, 0.1) is 5.52 Å². The number of pyridine rings is 2. The molecule has 0 fully saturated rings. The van der Waals surface area contributed by atoms with Crippen LogP contribution in [0.1, 0.15) is 11.3 Å². The molecule has 2 heteroatoms. The minimum atomic E-state index is 1.01. The molecule has 2 nitrogen and oxygen atoms in total. The molecular weight excluding hydrogens is 148 g/mol. The van der Waals surface area contributed by atoms with Gasteiger partial charge in [0.25, 0.3) is 0 Å². The van der Waals surface area contributed by atoms with E-state index in [2.05, 4.69) is 16.9 Å². The van der Waals surface area contributed by atoms with Gasteiger partial charge in [0.1, 0.15) is 0 Å². The van der Waals surface area contributed by atoms with Crippen LogP contribution in [0.25, 0.3) is 10.9 Å². The predicted molar refractivity (Wildman–Crippen MR) is 49.0 cm³/mol. The van der Waals surface area contributed by atoms with E-state index >= 15 is 0 Å². The lowest BCUT2D eigenvalue weighted by Crippen LogP contribution is -1.86. The molecule has 0 unspecified atom stereocenters. The van der Waals surface area contributed by atoms with Gasteiger partial charge in [-0.05, 0) is 31.5 Å². The van der Waals surface area contributed by atoms with Gasteiger partial charge < -0.3 is 0 Å². The van der Waals surface area contributed by atoms with Crippen molar-refractivity contribution < 1.29 is 0 Å². The van der Waals surface area contributed by atoms with Crippen molar-refractivity contribution in [1.29, 1.82) is 0 Å². The molecule has 2 aromatic rings. The zero-order chi connectivity index (χ0) is 8.55. The van der Waals surface area contributed by atoms with Crippen LogP contribution in [0.15, 0.2) is 24.5 Å². The minimum absolute atomic E-state index is 1.01. The standard InChI is InChI=1S/C10H10N2/c1-7-3-4-11-10-5-8(2)12-6-9(7)10/h3-6H,1-2H3. The van der Waals surface area contributed by atoms with Gasteiger partial charge in [-0.1, -0.05) is 0 Å². The smallest absolute Gasteiger partial charge is 0.0738 e. The van der Waals surface area contributed by atoms with Crippen molar-refractivity contribution in [3.63, 3.8) is 0 Å². The molecule has 12 heavy (non-hydrogen) atoms. The molecule has 0 bridgehead atoms. The van der Waals surface area contributed by atoms with E-state index in [0.29, 0.717) is 0 Å². The maximum absolute atomic E-state index is 4.26. The van der Waals surface area contributed by atoms with E-state index in [0.717, 1.165) is 16.6 Å². The highest BCUT2D eigenvalue weighted by Gasteiger charge is 1.97. The Labute approximate surface area is 71.3 Å². The van der Waals surface area contributed by atoms with Crippen LogP contribution in [-0.2, 0) is 0 Å². The summed E-state index contributed by atoms with van der Waals surface area (Å²) in [6, 6.07) is 4.00. The molecule has 0 N–H and O–H groups in total. The highest BCUT2D eigenvalue weighted by atomic mass is 14.7. The second-order valence-corrected chi connectivity index (χ2v) is 2.97. The van der Waals surface area contributed by atoms with Crippen LogP contribution >= 0.6 is 0 Å². The molecule has 0 radical (unpaired) electrons. The summed E-state index contributed by atoms with van der Waals surface area (Å²) in [7, 11) is 0. The first-order chi connectivity index (χ1) is 5.77. The van der Waals surface area contributed by atoms with Gasteiger partial charge in [-0.25, -0.2) is 0 Å². The number of aryl methyl sites for hydroxylation is 2. The number of aromatic nitrogens is 2. The van der Waals surface area contributed by atoms with Gasteiger partial charge in [-0.15, -0.1) is 0 Å². The van der Waals surface area contributed by atoms with E-state index in [4.69, 9.17) is 0 Å². The van der Waals surface area contributed by atoms with Crippen LogP contribution < -0.4 is 0 Å². The molecule has 0 aromatic carbocycles.